The number of amides is 1. The zero-order valence-corrected chi connectivity index (χ0v) is 14.2. The molecule has 1 unspecified atom stereocenters. The molecule has 0 aliphatic carbocycles. The van der Waals surface area contributed by atoms with Crippen LogP contribution in [0, 0.1) is 0 Å². The molecular weight excluding hydrogens is 379 g/mol. The quantitative estimate of drug-likeness (QED) is 0.700. The van der Waals surface area contributed by atoms with Crippen LogP contribution in [0.4, 0.5) is 0 Å². The molecule has 10 heteroatoms. The van der Waals surface area contributed by atoms with Gasteiger partial charge in [0.25, 0.3) is 5.91 Å². The number of hydrogen-bond acceptors (Lipinski definition) is 5. The molecule has 2 rings (SSSR count). The summed E-state index contributed by atoms with van der Waals surface area (Å²) in [6.07, 6.45) is -0.735. The zero-order valence-electron chi connectivity index (χ0n) is 11.8. The van der Waals surface area contributed by atoms with Gasteiger partial charge in [0.1, 0.15) is 16.7 Å². The molecule has 7 nitrogen and oxygen atoms in total. The van der Waals surface area contributed by atoms with Crippen molar-refractivity contribution in [3.05, 3.63) is 39.3 Å². The molecule has 0 spiro atoms. The van der Waals surface area contributed by atoms with Crippen molar-refractivity contribution in [3.8, 4) is 10.6 Å². The van der Waals surface area contributed by atoms with Gasteiger partial charge in [0.15, 0.2) is 0 Å². The number of hydrogen-bond donors (Lipinski definition) is 3. The van der Waals surface area contributed by atoms with E-state index in [1.165, 1.54) is 11.4 Å². The average molecular weight is 389 g/mol. The first kappa shape index (κ1) is 18.2. The van der Waals surface area contributed by atoms with Crippen LogP contribution in [0.25, 0.3) is 10.6 Å². The van der Waals surface area contributed by atoms with E-state index < -0.39 is 30.3 Å². The van der Waals surface area contributed by atoms with Crippen LogP contribution < -0.4 is 5.32 Å². The van der Waals surface area contributed by atoms with Crippen LogP contribution in [0.2, 0.25) is 10.0 Å². The molecule has 3 N–H and O–H groups in total. The van der Waals surface area contributed by atoms with E-state index in [4.69, 9.17) is 33.4 Å². The van der Waals surface area contributed by atoms with Crippen molar-refractivity contribution < 1.29 is 24.6 Å². The van der Waals surface area contributed by atoms with Crippen molar-refractivity contribution in [1.29, 1.82) is 0 Å². The van der Waals surface area contributed by atoms with E-state index in [9.17, 15) is 14.4 Å². The highest BCUT2D eigenvalue weighted by molar-refractivity contribution is 7.13. The van der Waals surface area contributed by atoms with E-state index in [0.717, 1.165) is 11.3 Å². The molecule has 0 saturated carbocycles. The fourth-order valence-electron chi connectivity index (χ4n) is 1.77. The summed E-state index contributed by atoms with van der Waals surface area (Å²) in [7, 11) is 0. The van der Waals surface area contributed by atoms with Crippen molar-refractivity contribution >= 4 is 52.4 Å². The predicted octanol–water partition coefficient (Wildman–Crippen LogP) is 2.77. The molecule has 1 aromatic carbocycles. The van der Waals surface area contributed by atoms with Gasteiger partial charge in [-0.2, -0.15) is 0 Å². The van der Waals surface area contributed by atoms with Crippen LogP contribution in [0.15, 0.2) is 23.6 Å². The SMILES string of the molecule is O=C(O)CC(NC(=O)c1csc(-c2ccc(Cl)cc2Cl)n1)C(=O)O. The normalized spacial score (nSPS) is 11.8. The van der Waals surface area contributed by atoms with Crippen LogP contribution >= 0.6 is 34.5 Å². The van der Waals surface area contributed by atoms with Crippen molar-refractivity contribution in [3.63, 3.8) is 0 Å². The molecule has 2 aromatic rings. The maximum absolute atomic E-state index is 12.0. The smallest absolute Gasteiger partial charge is 0.326 e. The number of carboxylic acids is 2. The van der Waals surface area contributed by atoms with Crippen LogP contribution in [-0.2, 0) is 9.59 Å². The Kier molecular flexibility index (Phi) is 5.76. The van der Waals surface area contributed by atoms with Gasteiger partial charge < -0.3 is 15.5 Å². The maximum Gasteiger partial charge on any atom is 0.326 e. The molecule has 1 amide bonds. The monoisotopic (exact) mass is 388 g/mol. The van der Waals surface area contributed by atoms with Gasteiger partial charge in [0.2, 0.25) is 0 Å². The molecule has 0 aliphatic rings. The van der Waals surface area contributed by atoms with Crippen molar-refractivity contribution in [2.45, 2.75) is 12.5 Å². The second-order valence-corrected chi connectivity index (χ2v) is 6.33. The standard InChI is InChI=1S/C14H10Cl2N2O5S/c15-6-1-2-7(8(16)3-6)13-18-10(5-24-13)12(21)17-9(14(22)23)4-11(19)20/h1-3,5,9H,4H2,(H,17,21)(H,19,20)(H,22,23). The number of thiazole rings is 1. The molecule has 0 saturated heterocycles. The minimum atomic E-state index is -1.54. The lowest BCUT2D eigenvalue weighted by molar-refractivity contribution is -0.145. The van der Waals surface area contributed by atoms with E-state index in [1.54, 1.807) is 12.1 Å². The second kappa shape index (κ2) is 7.61. The first-order valence-electron chi connectivity index (χ1n) is 6.44. The number of benzene rings is 1. The summed E-state index contributed by atoms with van der Waals surface area (Å²) in [4.78, 5) is 37.8. The molecule has 0 fully saturated rings. The van der Waals surface area contributed by atoms with E-state index in [-0.39, 0.29) is 5.69 Å². The van der Waals surface area contributed by atoms with Gasteiger partial charge >= 0.3 is 11.9 Å². The van der Waals surface area contributed by atoms with Crippen molar-refractivity contribution in [2.75, 3.05) is 0 Å². The number of carbonyl (C=O) groups excluding carboxylic acids is 1. The fourth-order valence-corrected chi connectivity index (χ4v) is 3.16. The average Bonchev–Trinajstić information content (AvgIpc) is 2.95. The molecule has 1 atom stereocenters. The number of halogens is 2. The Hall–Kier alpha value is -2.16. The Balaban J connectivity index is 2.18. The molecular formula is C14H10Cl2N2O5S. The highest BCUT2D eigenvalue weighted by Gasteiger charge is 2.24. The summed E-state index contributed by atoms with van der Waals surface area (Å²) in [5.74, 6) is -3.56. The molecule has 126 valence electrons. The Morgan fingerprint density at radius 3 is 2.54 bits per heavy atom. The van der Waals surface area contributed by atoms with E-state index in [0.29, 0.717) is 20.6 Å². The van der Waals surface area contributed by atoms with Crippen LogP contribution in [0.3, 0.4) is 0 Å². The van der Waals surface area contributed by atoms with Gasteiger partial charge in [-0.1, -0.05) is 23.2 Å². The summed E-state index contributed by atoms with van der Waals surface area (Å²) in [6.45, 7) is 0. The summed E-state index contributed by atoms with van der Waals surface area (Å²) < 4.78 is 0. The molecule has 1 heterocycles. The van der Waals surface area contributed by atoms with Crippen LogP contribution in [0.5, 0.6) is 0 Å². The molecule has 0 aliphatic heterocycles. The lowest BCUT2D eigenvalue weighted by atomic mass is 10.2. The number of aromatic nitrogens is 1. The largest absolute Gasteiger partial charge is 0.481 e. The van der Waals surface area contributed by atoms with Crippen LogP contribution in [0.1, 0.15) is 16.9 Å². The Morgan fingerprint density at radius 1 is 1.25 bits per heavy atom. The predicted molar refractivity (Wildman–Crippen MR) is 88.7 cm³/mol. The molecule has 24 heavy (non-hydrogen) atoms. The number of rotatable bonds is 6. The Labute approximate surface area is 149 Å². The van der Waals surface area contributed by atoms with Crippen LogP contribution in [-0.4, -0.2) is 39.1 Å². The zero-order chi connectivity index (χ0) is 17.9. The third-order valence-corrected chi connectivity index (χ3v) is 4.30. The lowest BCUT2D eigenvalue weighted by Crippen LogP contribution is -2.42. The highest BCUT2D eigenvalue weighted by atomic mass is 35.5. The van der Waals surface area contributed by atoms with Gasteiger partial charge in [-0.25, -0.2) is 9.78 Å². The van der Waals surface area contributed by atoms with Gasteiger partial charge in [-0.3, -0.25) is 9.59 Å². The maximum atomic E-state index is 12.0. The van der Waals surface area contributed by atoms with Gasteiger partial charge in [-0.15, -0.1) is 11.3 Å². The number of nitrogens with zero attached hydrogens (tertiary/aromatic N) is 1. The number of nitrogens with one attached hydrogen (secondary N) is 1. The fraction of sp³-hybridized carbons (Fsp3) is 0.143. The number of carbonyl (C=O) groups is 3. The first-order valence-corrected chi connectivity index (χ1v) is 8.08. The lowest BCUT2D eigenvalue weighted by Gasteiger charge is -2.10. The molecule has 0 radical (unpaired) electrons. The molecule has 0 bridgehead atoms. The summed E-state index contributed by atoms with van der Waals surface area (Å²) in [5, 5.41) is 22.4. The minimum absolute atomic E-state index is 0.0299. The van der Waals surface area contributed by atoms with E-state index in [1.807, 2.05) is 0 Å². The van der Waals surface area contributed by atoms with Gasteiger partial charge in [-0.05, 0) is 18.2 Å². The summed E-state index contributed by atoms with van der Waals surface area (Å²) in [5.41, 5.74) is 0.545. The molecule has 1 aromatic heterocycles. The third-order valence-electron chi connectivity index (χ3n) is 2.88. The second-order valence-electron chi connectivity index (χ2n) is 4.62. The van der Waals surface area contributed by atoms with Gasteiger partial charge in [0, 0.05) is 16.0 Å². The third kappa shape index (κ3) is 4.44. The minimum Gasteiger partial charge on any atom is -0.481 e. The van der Waals surface area contributed by atoms with E-state index in [2.05, 4.69) is 10.3 Å². The Bertz CT molecular complexity index is 808. The van der Waals surface area contributed by atoms with E-state index >= 15 is 0 Å². The number of aliphatic carboxylic acids is 2. The summed E-state index contributed by atoms with van der Waals surface area (Å²) >= 11 is 13.0. The first-order chi connectivity index (χ1) is 11.3. The number of carboxylic acid groups (broad SMARTS) is 2. The topological polar surface area (TPSA) is 117 Å². The Morgan fingerprint density at radius 2 is 1.96 bits per heavy atom. The van der Waals surface area contributed by atoms with Crippen molar-refractivity contribution in [1.82, 2.24) is 10.3 Å². The highest BCUT2D eigenvalue weighted by Crippen LogP contribution is 2.32. The van der Waals surface area contributed by atoms with Gasteiger partial charge in [0.05, 0.1) is 11.4 Å². The van der Waals surface area contributed by atoms with Crippen molar-refractivity contribution in [2.24, 2.45) is 0 Å². The summed E-state index contributed by atoms with van der Waals surface area (Å²) in [6, 6.07) is 3.26.